The second kappa shape index (κ2) is 8.61. The predicted molar refractivity (Wildman–Crippen MR) is 112 cm³/mol. The molecule has 4 rings (SSSR count). The smallest absolute Gasteiger partial charge is 0.419 e. The molecular formula is C23H25F3N2O4. The van der Waals surface area contributed by atoms with Crippen LogP contribution in [0.5, 0.6) is 11.5 Å². The molecule has 2 aromatic rings. The summed E-state index contributed by atoms with van der Waals surface area (Å²) in [5.41, 5.74) is -1.14. The third-order valence-corrected chi connectivity index (χ3v) is 6.32. The Morgan fingerprint density at radius 1 is 1.09 bits per heavy atom. The van der Waals surface area contributed by atoms with Crippen LogP contribution in [0.1, 0.15) is 38.2 Å². The van der Waals surface area contributed by atoms with E-state index in [4.69, 9.17) is 9.47 Å². The number of rotatable bonds is 7. The number of non-ortho nitro benzene ring substituents is 1. The number of ether oxygens (including phenoxy) is 2. The third-order valence-electron chi connectivity index (χ3n) is 6.32. The highest BCUT2D eigenvalue weighted by atomic mass is 19.4. The molecule has 0 amide bonds. The molecule has 2 heterocycles. The Bertz CT molecular complexity index is 950. The molecule has 172 valence electrons. The monoisotopic (exact) mass is 450 g/mol. The van der Waals surface area contributed by atoms with Crippen LogP contribution in [0.15, 0.2) is 48.5 Å². The quantitative estimate of drug-likeness (QED) is 0.414. The van der Waals surface area contributed by atoms with Crippen LogP contribution in [0.25, 0.3) is 0 Å². The fourth-order valence-electron chi connectivity index (χ4n) is 4.99. The summed E-state index contributed by atoms with van der Waals surface area (Å²) in [4.78, 5) is 12.7. The maximum atomic E-state index is 13.2. The first-order valence-corrected chi connectivity index (χ1v) is 10.6. The fourth-order valence-corrected chi connectivity index (χ4v) is 4.99. The normalized spacial score (nSPS) is 25.5. The lowest BCUT2D eigenvalue weighted by Crippen LogP contribution is -2.53. The topological polar surface area (TPSA) is 64.8 Å². The molecule has 2 saturated heterocycles. The van der Waals surface area contributed by atoms with Crippen LogP contribution in [0.2, 0.25) is 0 Å². The SMILES string of the molecule is C[C@@]1(Oc2ccc([N+](=O)[O-])cc2)C[C@H]2CC[C@@H](C1)N2CCOc1ccccc1C(F)(F)F. The van der Waals surface area contributed by atoms with Crippen molar-refractivity contribution in [3.8, 4) is 11.5 Å². The van der Waals surface area contributed by atoms with Crippen molar-refractivity contribution in [2.45, 2.75) is 56.5 Å². The van der Waals surface area contributed by atoms with E-state index in [-0.39, 0.29) is 30.1 Å². The first kappa shape index (κ1) is 22.4. The number of nitro benzene ring substituents is 1. The van der Waals surface area contributed by atoms with Crippen molar-refractivity contribution < 1.29 is 27.6 Å². The number of halogens is 3. The van der Waals surface area contributed by atoms with Gasteiger partial charge in [0.25, 0.3) is 5.69 Å². The predicted octanol–water partition coefficient (Wildman–Crippen LogP) is 5.46. The molecule has 0 spiro atoms. The Morgan fingerprint density at radius 3 is 2.31 bits per heavy atom. The minimum Gasteiger partial charge on any atom is -0.492 e. The average molecular weight is 450 g/mol. The van der Waals surface area contributed by atoms with E-state index in [0.717, 1.165) is 31.7 Å². The summed E-state index contributed by atoms with van der Waals surface area (Å²) in [7, 11) is 0. The number of fused-ring (bicyclic) bond motifs is 2. The van der Waals surface area contributed by atoms with Crippen LogP contribution in [0.4, 0.5) is 18.9 Å². The Balaban J connectivity index is 1.35. The van der Waals surface area contributed by atoms with Gasteiger partial charge >= 0.3 is 6.18 Å². The van der Waals surface area contributed by atoms with E-state index >= 15 is 0 Å². The van der Waals surface area contributed by atoms with Gasteiger partial charge in [-0.3, -0.25) is 15.0 Å². The maximum Gasteiger partial charge on any atom is 0.419 e. The van der Waals surface area contributed by atoms with E-state index in [1.807, 2.05) is 6.92 Å². The van der Waals surface area contributed by atoms with Crippen LogP contribution in [0, 0.1) is 10.1 Å². The summed E-state index contributed by atoms with van der Waals surface area (Å²) >= 11 is 0. The van der Waals surface area contributed by atoms with E-state index in [1.165, 1.54) is 30.3 Å². The summed E-state index contributed by atoms with van der Waals surface area (Å²) in [5, 5.41) is 10.8. The van der Waals surface area contributed by atoms with Crippen molar-refractivity contribution in [3.05, 3.63) is 64.2 Å². The van der Waals surface area contributed by atoms with Gasteiger partial charge in [0, 0.05) is 43.6 Å². The second-order valence-electron chi connectivity index (χ2n) is 8.68. The van der Waals surface area contributed by atoms with Gasteiger partial charge in [0.05, 0.1) is 10.5 Å². The lowest BCUT2D eigenvalue weighted by atomic mass is 9.87. The van der Waals surface area contributed by atoms with Gasteiger partial charge in [-0.1, -0.05) is 12.1 Å². The van der Waals surface area contributed by atoms with Crippen LogP contribution in [0.3, 0.4) is 0 Å². The Morgan fingerprint density at radius 2 is 1.72 bits per heavy atom. The van der Waals surface area contributed by atoms with Gasteiger partial charge in [0.15, 0.2) is 0 Å². The van der Waals surface area contributed by atoms with Gasteiger partial charge in [0.1, 0.15) is 23.7 Å². The molecule has 2 fully saturated rings. The number of hydrogen-bond donors (Lipinski definition) is 0. The molecule has 0 N–H and O–H groups in total. The second-order valence-corrected chi connectivity index (χ2v) is 8.68. The van der Waals surface area contributed by atoms with Crippen LogP contribution < -0.4 is 9.47 Å². The number of hydrogen-bond acceptors (Lipinski definition) is 5. The number of para-hydroxylation sites is 1. The molecule has 6 nitrogen and oxygen atoms in total. The minimum absolute atomic E-state index is 0.0180. The first-order valence-electron chi connectivity index (χ1n) is 10.6. The molecule has 0 aromatic heterocycles. The van der Waals surface area contributed by atoms with Crippen molar-refractivity contribution in [1.29, 1.82) is 0 Å². The van der Waals surface area contributed by atoms with Gasteiger partial charge in [-0.15, -0.1) is 0 Å². The standard InChI is InChI=1S/C23H25F3N2O4/c1-22(32-19-10-8-16(9-11-19)28(29)30)14-17-6-7-18(15-22)27(17)12-13-31-21-5-3-2-4-20(21)23(24,25)26/h2-5,8-11,17-18H,6-7,12-15H2,1H3/t17-,18+,22-. The zero-order chi connectivity index (χ0) is 22.9. The van der Waals surface area contributed by atoms with E-state index in [9.17, 15) is 23.3 Å². The van der Waals surface area contributed by atoms with Gasteiger partial charge in [0.2, 0.25) is 0 Å². The molecule has 2 aliphatic heterocycles. The van der Waals surface area contributed by atoms with Crippen molar-refractivity contribution in [2.24, 2.45) is 0 Å². The number of benzene rings is 2. The van der Waals surface area contributed by atoms with Crippen molar-refractivity contribution in [2.75, 3.05) is 13.2 Å². The molecule has 2 aliphatic rings. The summed E-state index contributed by atoms with van der Waals surface area (Å²) in [5.74, 6) is 0.453. The Hall–Kier alpha value is -2.81. The molecular weight excluding hydrogens is 425 g/mol. The van der Waals surface area contributed by atoms with Crippen LogP contribution in [-0.4, -0.2) is 40.7 Å². The zero-order valence-corrected chi connectivity index (χ0v) is 17.7. The Labute approximate surface area is 184 Å². The summed E-state index contributed by atoms with van der Waals surface area (Å²) in [6, 6.07) is 11.9. The van der Waals surface area contributed by atoms with Gasteiger partial charge in [-0.25, -0.2) is 0 Å². The molecule has 3 atom stereocenters. The molecule has 0 saturated carbocycles. The van der Waals surface area contributed by atoms with Crippen molar-refractivity contribution >= 4 is 5.69 Å². The average Bonchev–Trinajstić information content (AvgIpc) is 2.98. The lowest BCUT2D eigenvalue weighted by Gasteiger charge is -2.44. The first-order chi connectivity index (χ1) is 15.1. The molecule has 0 radical (unpaired) electrons. The summed E-state index contributed by atoms with van der Waals surface area (Å²) < 4.78 is 51.2. The van der Waals surface area contributed by atoms with Gasteiger partial charge in [-0.2, -0.15) is 13.2 Å². The minimum atomic E-state index is -4.45. The number of piperidine rings is 1. The number of nitrogens with zero attached hydrogens (tertiary/aromatic N) is 2. The van der Waals surface area contributed by atoms with Gasteiger partial charge < -0.3 is 9.47 Å². The molecule has 9 heteroatoms. The largest absolute Gasteiger partial charge is 0.492 e. The van der Waals surface area contributed by atoms with E-state index in [2.05, 4.69) is 4.90 Å². The highest BCUT2D eigenvalue weighted by Gasteiger charge is 2.47. The molecule has 0 unspecified atom stereocenters. The van der Waals surface area contributed by atoms with E-state index in [1.54, 1.807) is 12.1 Å². The van der Waals surface area contributed by atoms with E-state index in [0.29, 0.717) is 12.3 Å². The lowest BCUT2D eigenvalue weighted by molar-refractivity contribution is -0.384. The Kier molecular flexibility index (Phi) is 6.03. The van der Waals surface area contributed by atoms with Crippen molar-refractivity contribution in [3.63, 3.8) is 0 Å². The highest BCUT2D eigenvalue weighted by Crippen LogP contribution is 2.43. The van der Waals surface area contributed by atoms with E-state index < -0.39 is 22.3 Å². The molecule has 32 heavy (non-hydrogen) atoms. The summed E-state index contributed by atoms with van der Waals surface area (Å²) in [6.07, 6.45) is -0.886. The van der Waals surface area contributed by atoms with Gasteiger partial charge in [-0.05, 0) is 44.0 Å². The maximum absolute atomic E-state index is 13.2. The van der Waals surface area contributed by atoms with Crippen LogP contribution in [-0.2, 0) is 6.18 Å². The number of nitro groups is 1. The zero-order valence-electron chi connectivity index (χ0n) is 17.7. The fraction of sp³-hybridized carbons (Fsp3) is 0.478. The number of alkyl halides is 3. The van der Waals surface area contributed by atoms with Crippen LogP contribution >= 0.6 is 0 Å². The summed E-state index contributed by atoms with van der Waals surface area (Å²) in [6.45, 7) is 2.78. The molecule has 0 aliphatic carbocycles. The third kappa shape index (κ3) is 4.82. The highest BCUT2D eigenvalue weighted by molar-refractivity contribution is 5.37. The molecule has 2 aromatic carbocycles. The van der Waals surface area contributed by atoms with Crippen molar-refractivity contribution in [1.82, 2.24) is 4.90 Å². The molecule has 2 bridgehead atoms.